The van der Waals surface area contributed by atoms with Crippen LogP contribution in [0, 0.1) is 5.92 Å². The van der Waals surface area contributed by atoms with E-state index in [1.54, 1.807) is 0 Å². The van der Waals surface area contributed by atoms with E-state index in [0.717, 1.165) is 19.4 Å². The van der Waals surface area contributed by atoms with Crippen molar-refractivity contribution in [3.63, 3.8) is 0 Å². The van der Waals surface area contributed by atoms with E-state index < -0.39 is 5.54 Å². The Kier molecular flexibility index (Phi) is 7.08. The summed E-state index contributed by atoms with van der Waals surface area (Å²) in [5.74, 6) is 0.728. The summed E-state index contributed by atoms with van der Waals surface area (Å²) >= 11 is 0. The van der Waals surface area contributed by atoms with Gasteiger partial charge in [0.1, 0.15) is 5.54 Å². The molecule has 2 aliphatic rings. The molecule has 2 fully saturated rings. The minimum atomic E-state index is -0.657. The van der Waals surface area contributed by atoms with Crippen LogP contribution in [-0.2, 0) is 9.59 Å². The third-order valence-corrected chi connectivity index (χ3v) is 5.52. The highest BCUT2D eigenvalue weighted by atomic mass is 16.2. The molecule has 138 valence electrons. The summed E-state index contributed by atoms with van der Waals surface area (Å²) < 4.78 is 0. The zero-order valence-corrected chi connectivity index (χ0v) is 15.8. The molecule has 2 amide bonds. The van der Waals surface area contributed by atoms with Crippen LogP contribution in [0.3, 0.4) is 0 Å². The summed E-state index contributed by atoms with van der Waals surface area (Å²) in [5.41, 5.74) is -0.657. The van der Waals surface area contributed by atoms with Crippen molar-refractivity contribution in [2.24, 2.45) is 5.92 Å². The average molecular weight is 338 g/mol. The van der Waals surface area contributed by atoms with Crippen LogP contribution in [0.15, 0.2) is 0 Å². The van der Waals surface area contributed by atoms with Crippen LogP contribution in [0.1, 0.15) is 65.7 Å². The molecule has 0 aromatic heterocycles. The maximum Gasteiger partial charge on any atom is 0.245 e. The molecular formula is C19H35N3O2. The van der Waals surface area contributed by atoms with E-state index >= 15 is 0 Å². The zero-order chi connectivity index (χ0) is 17.6. The van der Waals surface area contributed by atoms with E-state index in [1.165, 1.54) is 32.4 Å². The largest absolute Gasteiger partial charge is 0.354 e. The molecule has 5 nitrogen and oxygen atoms in total. The fourth-order valence-electron chi connectivity index (χ4n) is 3.80. The van der Waals surface area contributed by atoms with Gasteiger partial charge in [0.2, 0.25) is 11.8 Å². The molecule has 0 aromatic rings. The predicted octanol–water partition coefficient (Wildman–Crippen LogP) is 2.41. The number of carbonyl (C=O) groups is 2. The van der Waals surface area contributed by atoms with Gasteiger partial charge in [-0.15, -0.1) is 0 Å². The van der Waals surface area contributed by atoms with E-state index in [0.29, 0.717) is 31.8 Å². The monoisotopic (exact) mass is 337 g/mol. The van der Waals surface area contributed by atoms with Crippen molar-refractivity contribution in [1.82, 2.24) is 15.1 Å². The molecule has 2 aliphatic heterocycles. The Morgan fingerprint density at radius 3 is 2.58 bits per heavy atom. The molecule has 0 aliphatic carbocycles. The number of carbonyl (C=O) groups excluding carboxylic acids is 2. The number of rotatable bonds is 8. The van der Waals surface area contributed by atoms with Gasteiger partial charge >= 0.3 is 0 Å². The van der Waals surface area contributed by atoms with Crippen molar-refractivity contribution in [2.75, 3.05) is 32.7 Å². The Morgan fingerprint density at radius 2 is 1.92 bits per heavy atom. The zero-order valence-electron chi connectivity index (χ0n) is 15.8. The Bertz CT molecular complexity index is 432. The van der Waals surface area contributed by atoms with E-state index in [1.807, 2.05) is 11.8 Å². The third-order valence-electron chi connectivity index (χ3n) is 5.52. The van der Waals surface area contributed by atoms with Gasteiger partial charge in [0.05, 0.1) is 0 Å². The van der Waals surface area contributed by atoms with Crippen LogP contribution in [0.4, 0.5) is 0 Å². The molecule has 1 atom stereocenters. The number of piperidine rings is 1. The van der Waals surface area contributed by atoms with Crippen LogP contribution < -0.4 is 5.32 Å². The molecule has 0 bridgehead atoms. The quantitative estimate of drug-likeness (QED) is 0.740. The number of hydrogen-bond acceptors (Lipinski definition) is 3. The van der Waals surface area contributed by atoms with E-state index in [9.17, 15) is 9.59 Å². The fraction of sp³-hybridized carbons (Fsp3) is 0.895. The van der Waals surface area contributed by atoms with Crippen molar-refractivity contribution < 1.29 is 9.59 Å². The summed E-state index contributed by atoms with van der Waals surface area (Å²) in [6, 6.07) is 0. The highest BCUT2D eigenvalue weighted by Gasteiger charge is 2.46. The Labute approximate surface area is 147 Å². The van der Waals surface area contributed by atoms with Crippen molar-refractivity contribution >= 4 is 11.8 Å². The smallest absolute Gasteiger partial charge is 0.245 e. The maximum atomic E-state index is 12.7. The molecule has 1 N–H and O–H groups in total. The van der Waals surface area contributed by atoms with Crippen LogP contribution >= 0.6 is 0 Å². The van der Waals surface area contributed by atoms with Crippen molar-refractivity contribution in [3.05, 3.63) is 0 Å². The first kappa shape index (κ1) is 19.2. The van der Waals surface area contributed by atoms with Gasteiger partial charge in [-0.05, 0) is 64.6 Å². The van der Waals surface area contributed by atoms with Gasteiger partial charge in [-0.1, -0.05) is 20.3 Å². The average Bonchev–Trinajstić information content (AvgIpc) is 2.85. The minimum Gasteiger partial charge on any atom is -0.354 e. The van der Waals surface area contributed by atoms with E-state index in [-0.39, 0.29) is 11.8 Å². The highest BCUT2D eigenvalue weighted by Crippen LogP contribution is 2.30. The molecule has 0 spiro atoms. The predicted molar refractivity (Wildman–Crippen MR) is 96.7 cm³/mol. The van der Waals surface area contributed by atoms with E-state index in [2.05, 4.69) is 24.1 Å². The molecule has 2 saturated heterocycles. The Hall–Kier alpha value is -1.10. The molecule has 0 radical (unpaired) electrons. The number of hydrogen-bond donors (Lipinski definition) is 1. The molecular weight excluding hydrogens is 302 g/mol. The lowest BCUT2D eigenvalue weighted by Gasteiger charge is -2.35. The summed E-state index contributed by atoms with van der Waals surface area (Å²) in [7, 11) is 0. The normalized spacial score (nSPS) is 25.5. The molecule has 24 heavy (non-hydrogen) atoms. The van der Waals surface area contributed by atoms with Crippen LogP contribution in [0.2, 0.25) is 0 Å². The molecule has 0 saturated carbocycles. The van der Waals surface area contributed by atoms with Gasteiger partial charge < -0.3 is 15.1 Å². The summed E-state index contributed by atoms with van der Waals surface area (Å²) in [6.07, 6.45) is 7.00. The van der Waals surface area contributed by atoms with Gasteiger partial charge in [0, 0.05) is 19.5 Å². The molecule has 2 heterocycles. The maximum absolute atomic E-state index is 12.7. The first-order valence-corrected chi connectivity index (χ1v) is 9.74. The summed E-state index contributed by atoms with van der Waals surface area (Å²) in [5, 5.41) is 3.04. The fourth-order valence-corrected chi connectivity index (χ4v) is 3.80. The number of likely N-dealkylation sites (tertiary alicyclic amines) is 2. The first-order chi connectivity index (χ1) is 11.4. The van der Waals surface area contributed by atoms with Crippen LogP contribution in [0.5, 0.6) is 0 Å². The van der Waals surface area contributed by atoms with E-state index in [4.69, 9.17) is 0 Å². The lowest BCUT2D eigenvalue weighted by atomic mass is 9.97. The second-order valence-corrected chi connectivity index (χ2v) is 8.01. The van der Waals surface area contributed by atoms with Crippen molar-refractivity contribution in [3.8, 4) is 0 Å². The first-order valence-electron chi connectivity index (χ1n) is 9.74. The number of nitrogens with one attached hydrogen (secondary N) is 1. The van der Waals surface area contributed by atoms with Gasteiger partial charge in [0.15, 0.2) is 0 Å². The van der Waals surface area contributed by atoms with Gasteiger partial charge in [-0.3, -0.25) is 9.59 Å². The van der Waals surface area contributed by atoms with Crippen molar-refractivity contribution in [2.45, 2.75) is 71.3 Å². The Morgan fingerprint density at radius 1 is 1.21 bits per heavy atom. The second kappa shape index (κ2) is 8.84. The Balaban J connectivity index is 1.83. The second-order valence-electron chi connectivity index (χ2n) is 8.01. The van der Waals surface area contributed by atoms with Gasteiger partial charge in [-0.2, -0.15) is 0 Å². The lowest BCUT2D eigenvalue weighted by Crippen LogP contribution is -2.55. The van der Waals surface area contributed by atoms with Crippen molar-refractivity contribution in [1.29, 1.82) is 0 Å². The number of nitrogens with zero attached hydrogens (tertiary/aromatic N) is 2. The standard InChI is InChI=1S/C19H35N3O2/c1-16(2)9-11-20-18(24)19(3)10-8-17(23)22(19)15-7-14-21-12-5-4-6-13-21/h16H,4-15H2,1-3H3,(H,20,24). The van der Waals surface area contributed by atoms with Crippen LogP contribution in [0.25, 0.3) is 0 Å². The summed E-state index contributed by atoms with van der Waals surface area (Å²) in [4.78, 5) is 29.3. The molecule has 0 aromatic carbocycles. The third kappa shape index (κ3) is 4.95. The minimum absolute atomic E-state index is 0.0203. The van der Waals surface area contributed by atoms with Crippen LogP contribution in [-0.4, -0.2) is 59.9 Å². The van der Waals surface area contributed by atoms with Gasteiger partial charge in [-0.25, -0.2) is 0 Å². The lowest BCUT2D eigenvalue weighted by molar-refractivity contribution is -0.140. The topological polar surface area (TPSA) is 52.7 Å². The molecule has 5 heteroatoms. The number of amides is 2. The summed E-state index contributed by atoms with van der Waals surface area (Å²) in [6.45, 7) is 11.0. The molecule has 1 unspecified atom stereocenters. The van der Waals surface area contributed by atoms with Gasteiger partial charge in [0.25, 0.3) is 0 Å². The SMILES string of the molecule is CC(C)CCNC(=O)C1(C)CCC(=O)N1CCCN1CCCCC1. The molecule has 2 rings (SSSR count). The highest BCUT2D eigenvalue weighted by molar-refractivity contribution is 5.94.